The zero-order valence-corrected chi connectivity index (χ0v) is 17.2. The largest absolute Gasteiger partial charge is 0.452 e. The molecule has 0 aliphatic carbocycles. The molecule has 4 rings (SSSR count). The van der Waals surface area contributed by atoms with E-state index in [1.54, 1.807) is 24.3 Å². The summed E-state index contributed by atoms with van der Waals surface area (Å²) < 4.78 is 30.9. The van der Waals surface area contributed by atoms with Crippen molar-refractivity contribution in [3.05, 3.63) is 89.0 Å². The Kier molecular flexibility index (Phi) is 5.30. The van der Waals surface area contributed by atoms with Crippen molar-refractivity contribution in [2.24, 2.45) is 0 Å². The topological polar surface area (TPSA) is 130 Å². The third kappa shape index (κ3) is 3.75. The van der Waals surface area contributed by atoms with Gasteiger partial charge < -0.3 is 10.1 Å². The monoisotopic (exact) mass is 446 g/mol. The molecular formula is C23H14N2O6S. The minimum atomic E-state index is -4.00. The lowest BCUT2D eigenvalue weighted by Crippen LogP contribution is -2.22. The van der Waals surface area contributed by atoms with E-state index in [9.17, 15) is 22.8 Å². The van der Waals surface area contributed by atoms with E-state index in [-0.39, 0.29) is 26.5 Å². The van der Waals surface area contributed by atoms with Crippen LogP contribution in [0.15, 0.2) is 76.5 Å². The molecule has 0 saturated heterocycles. The highest BCUT2D eigenvalue weighted by Crippen LogP contribution is 2.34. The molecule has 1 heterocycles. The number of nitrogens with one attached hydrogen (secondary N) is 1. The second-order valence-corrected chi connectivity index (χ2v) is 8.74. The Morgan fingerprint density at radius 1 is 0.938 bits per heavy atom. The second-order valence-electron chi connectivity index (χ2n) is 6.86. The number of carbonyl (C=O) groups is 3. The van der Waals surface area contributed by atoms with E-state index < -0.39 is 34.1 Å². The number of hydrogen-bond donors (Lipinski definition) is 1. The molecule has 0 aromatic heterocycles. The van der Waals surface area contributed by atoms with Crippen molar-refractivity contribution in [3.8, 4) is 6.07 Å². The summed E-state index contributed by atoms with van der Waals surface area (Å²) >= 11 is 0. The molecule has 1 N–H and O–H groups in total. The molecule has 9 heteroatoms. The van der Waals surface area contributed by atoms with Crippen LogP contribution in [0, 0.1) is 11.3 Å². The minimum Gasteiger partial charge on any atom is -0.452 e. The highest BCUT2D eigenvalue weighted by Gasteiger charge is 2.35. The van der Waals surface area contributed by atoms with Crippen molar-refractivity contribution in [2.75, 3.05) is 11.9 Å². The summed E-state index contributed by atoms with van der Waals surface area (Å²) in [6, 6.07) is 17.6. The molecule has 0 radical (unpaired) electrons. The summed E-state index contributed by atoms with van der Waals surface area (Å²) in [6.07, 6.45) is 0. The predicted molar refractivity (Wildman–Crippen MR) is 112 cm³/mol. The zero-order valence-electron chi connectivity index (χ0n) is 16.4. The molecule has 3 aromatic rings. The molecule has 0 saturated carbocycles. The van der Waals surface area contributed by atoms with E-state index >= 15 is 0 Å². The molecule has 8 nitrogen and oxygen atoms in total. The van der Waals surface area contributed by atoms with Gasteiger partial charge in [-0.25, -0.2) is 13.2 Å². The van der Waals surface area contributed by atoms with Gasteiger partial charge >= 0.3 is 5.97 Å². The first-order valence-electron chi connectivity index (χ1n) is 9.31. The second kappa shape index (κ2) is 8.09. The molecule has 3 aromatic carbocycles. The van der Waals surface area contributed by atoms with Crippen molar-refractivity contribution >= 4 is 33.2 Å². The molecule has 1 amide bonds. The van der Waals surface area contributed by atoms with Crippen LogP contribution in [0.2, 0.25) is 0 Å². The number of rotatable bonds is 4. The van der Waals surface area contributed by atoms with Crippen LogP contribution in [0.1, 0.15) is 31.8 Å². The third-order valence-corrected chi connectivity index (χ3v) is 6.63. The molecule has 32 heavy (non-hydrogen) atoms. The number of ketones is 1. The standard InChI is InChI=1S/C23H14N2O6S/c24-12-14-4-3-5-16(10-14)25-21(26)13-31-23(28)15-8-9-18-20(11-15)32(29,30)19-7-2-1-6-17(19)22(18)27/h1-11H,13H2,(H,25,26). The van der Waals surface area contributed by atoms with Crippen molar-refractivity contribution in [3.63, 3.8) is 0 Å². The molecule has 1 aliphatic rings. The Bertz CT molecular complexity index is 1440. The Morgan fingerprint density at radius 2 is 1.69 bits per heavy atom. The van der Waals surface area contributed by atoms with Crippen LogP contribution in [0.5, 0.6) is 0 Å². The van der Waals surface area contributed by atoms with E-state index in [4.69, 9.17) is 10.00 Å². The highest BCUT2D eigenvalue weighted by atomic mass is 32.2. The maximum atomic E-state index is 12.9. The first-order valence-corrected chi connectivity index (χ1v) is 10.8. The average Bonchev–Trinajstić information content (AvgIpc) is 2.81. The number of nitrogens with zero attached hydrogens (tertiary/aromatic N) is 1. The molecule has 0 unspecified atom stereocenters. The van der Waals surface area contributed by atoms with Gasteiger partial charge in [-0.05, 0) is 48.5 Å². The summed E-state index contributed by atoms with van der Waals surface area (Å²) in [4.78, 5) is 36.7. The number of hydrogen-bond acceptors (Lipinski definition) is 7. The van der Waals surface area contributed by atoms with Gasteiger partial charge in [-0.3, -0.25) is 9.59 Å². The fourth-order valence-corrected chi connectivity index (χ4v) is 4.97. The molecular weight excluding hydrogens is 432 g/mol. The number of carbonyl (C=O) groups excluding carboxylic acids is 3. The van der Waals surface area contributed by atoms with E-state index in [2.05, 4.69) is 5.32 Å². The number of anilines is 1. The summed E-state index contributed by atoms with van der Waals surface area (Å²) in [5.74, 6) is -2.01. The summed E-state index contributed by atoms with van der Waals surface area (Å²) in [5.41, 5.74) is 0.648. The first-order chi connectivity index (χ1) is 15.3. The van der Waals surface area contributed by atoms with Gasteiger partial charge in [0.2, 0.25) is 9.84 Å². The van der Waals surface area contributed by atoms with Crippen molar-refractivity contribution in [1.29, 1.82) is 5.26 Å². The fraction of sp³-hybridized carbons (Fsp3) is 0.0435. The van der Waals surface area contributed by atoms with Gasteiger partial charge in [-0.2, -0.15) is 5.26 Å². The number of esters is 1. The molecule has 158 valence electrons. The van der Waals surface area contributed by atoms with Crippen LogP contribution < -0.4 is 5.32 Å². The van der Waals surface area contributed by atoms with Gasteiger partial charge in [0.05, 0.1) is 27.0 Å². The number of benzene rings is 3. The predicted octanol–water partition coefficient (Wildman–Crippen LogP) is 2.73. The van der Waals surface area contributed by atoms with Gasteiger partial charge in [-0.1, -0.05) is 18.2 Å². The minimum absolute atomic E-state index is 0.0321. The first kappa shape index (κ1) is 21.0. The normalized spacial score (nSPS) is 13.3. The Balaban J connectivity index is 1.51. The SMILES string of the molecule is N#Cc1cccc(NC(=O)COC(=O)c2ccc3c(c2)S(=O)(=O)c2ccccc2C3=O)c1. The number of fused-ring (bicyclic) bond motifs is 2. The number of sulfone groups is 1. The van der Waals surface area contributed by atoms with Crippen LogP contribution in [0.3, 0.4) is 0 Å². The third-order valence-electron chi connectivity index (χ3n) is 4.78. The Morgan fingerprint density at radius 3 is 2.47 bits per heavy atom. The van der Waals surface area contributed by atoms with Crippen molar-refractivity contribution in [1.82, 2.24) is 0 Å². The smallest absolute Gasteiger partial charge is 0.338 e. The lowest BCUT2D eigenvalue weighted by atomic mass is 10.0. The van der Waals surface area contributed by atoms with E-state index in [0.717, 1.165) is 6.07 Å². The van der Waals surface area contributed by atoms with Gasteiger partial charge in [-0.15, -0.1) is 0 Å². The number of nitriles is 1. The van der Waals surface area contributed by atoms with Gasteiger partial charge in [0.1, 0.15) is 0 Å². The summed E-state index contributed by atoms with van der Waals surface area (Å²) in [6.45, 7) is -0.624. The van der Waals surface area contributed by atoms with Gasteiger partial charge in [0.15, 0.2) is 12.4 Å². The number of ether oxygens (including phenoxy) is 1. The van der Waals surface area contributed by atoms with E-state index in [0.29, 0.717) is 11.3 Å². The van der Waals surface area contributed by atoms with Crippen LogP contribution in [0.4, 0.5) is 5.69 Å². The Hall–Kier alpha value is -4.29. The molecule has 0 fully saturated rings. The quantitative estimate of drug-likeness (QED) is 0.477. The Labute approximate surface area is 183 Å². The van der Waals surface area contributed by atoms with Crippen LogP contribution >= 0.6 is 0 Å². The zero-order chi connectivity index (χ0) is 22.9. The molecule has 0 bridgehead atoms. The van der Waals surface area contributed by atoms with Crippen LogP contribution in [-0.4, -0.2) is 32.7 Å². The molecule has 1 aliphatic heterocycles. The van der Waals surface area contributed by atoms with E-state index in [1.165, 1.54) is 36.4 Å². The van der Waals surface area contributed by atoms with Crippen LogP contribution in [0.25, 0.3) is 0 Å². The maximum Gasteiger partial charge on any atom is 0.338 e. The molecule has 0 spiro atoms. The lowest BCUT2D eigenvalue weighted by Gasteiger charge is -2.19. The summed E-state index contributed by atoms with van der Waals surface area (Å²) in [7, 11) is -4.00. The average molecular weight is 446 g/mol. The fourth-order valence-electron chi connectivity index (χ4n) is 3.29. The molecule has 0 atom stereocenters. The van der Waals surface area contributed by atoms with E-state index in [1.807, 2.05) is 6.07 Å². The lowest BCUT2D eigenvalue weighted by molar-refractivity contribution is -0.119. The van der Waals surface area contributed by atoms with Crippen LogP contribution in [-0.2, 0) is 19.4 Å². The van der Waals surface area contributed by atoms with Crippen molar-refractivity contribution in [2.45, 2.75) is 9.79 Å². The van der Waals surface area contributed by atoms with Gasteiger partial charge in [0, 0.05) is 16.8 Å². The highest BCUT2D eigenvalue weighted by molar-refractivity contribution is 7.91. The van der Waals surface area contributed by atoms with Gasteiger partial charge in [0.25, 0.3) is 5.91 Å². The maximum absolute atomic E-state index is 12.9. The number of amides is 1. The summed E-state index contributed by atoms with van der Waals surface area (Å²) in [5, 5.41) is 11.4. The van der Waals surface area contributed by atoms with Crippen molar-refractivity contribution < 1.29 is 27.5 Å².